The summed E-state index contributed by atoms with van der Waals surface area (Å²) in [5.74, 6) is -9.09. The lowest BCUT2D eigenvalue weighted by Crippen LogP contribution is -2.54. The van der Waals surface area contributed by atoms with E-state index in [4.69, 9.17) is 9.84 Å². The van der Waals surface area contributed by atoms with Crippen molar-refractivity contribution in [3.8, 4) is 11.1 Å². The zero-order valence-corrected chi connectivity index (χ0v) is 19.7. The summed E-state index contributed by atoms with van der Waals surface area (Å²) in [5.41, 5.74) is 3.50. The Morgan fingerprint density at radius 1 is 1.03 bits per heavy atom. The van der Waals surface area contributed by atoms with Crippen molar-refractivity contribution >= 4 is 18.0 Å². The van der Waals surface area contributed by atoms with Crippen LogP contribution in [-0.2, 0) is 14.3 Å². The molecule has 0 aromatic heterocycles. The normalized spacial score (nSPS) is 20.8. The second-order valence-electron chi connectivity index (χ2n) is 10.1. The SMILES string of the molecule is CC(C)(C)[C@@H](NC(=O)OCC1c2ccccc2-c2ccccc21)C(=O)NCC1C(C(=O)O)C1(F)F. The Labute approximate surface area is 201 Å². The number of nitrogens with one attached hydrogen (secondary N) is 2. The summed E-state index contributed by atoms with van der Waals surface area (Å²) < 4.78 is 32.8. The summed E-state index contributed by atoms with van der Waals surface area (Å²) in [7, 11) is 0. The lowest BCUT2D eigenvalue weighted by Gasteiger charge is -2.30. The Hall–Kier alpha value is -3.49. The van der Waals surface area contributed by atoms with E-state index in [1.807, 2.05) is 48.5 Å². The molecular weight excluding hydrogens is 458 g/mol. The molecular formula is C26H28F2N2O5. The van der Waals surface area contributed by atoms with Gasteiger partial charge in [-0.2, -0.15) is 0 Å². The minimum absolute atomic E-state index is 0.0624. The van der Waals surface area contributed by atoms with Crippen LogP contribution in [0.4, 0.5) is 13.6 Å². The van der Waals surface area contributed by atoms with E-state index in [0.29, 0.717) is 0 Å². The molecule has 9 heteroatoms. The first-order chi connectivity index (χ1) is 16.4. The van der Waals surface area contributed by atoms with Crippen LogP contribution in [0.15, 0.2) is 48.5 Å². The standard InChI is InChI=1S/C26H28F2N2O5/c1-25(2,3)21(22(31)29-12-19-20(23(32)33)26(19,27)28)30-24(34)35-13-18-16-10-6-4-8-14(16)15-9-5-7-11-17(15)18/h4-11,18-21H,12-13H2,1-3H3,(H,29,31)(H,30,34)(H,32,33)/t19?,20?,21-/m0/s1. The van der Waals surface area contributed by atoms with E-state index in [0.717, 1.165) is 22.3 Å². The summed E-state index contributed by atoms with van der Waals surface area (Å²) >= 11 is 0. The van der Waals surface area contributed by atoms with Gasteiger partial charge in [0.1, 0.15) is 18.6 Å². The van der Waals surface area contributed by atoms with E-state index in [9.17, 15) is 23.2 Å². The van der Waals surface area contributed by atoms with Gasteiger partial charge in [-0.3, -0.25) is 9.59 Å². The third kappa shape index (κ3) is 4.72. The van der Waals surface area contributed by atoms with E-state index >= 15 is 0 Å². The van der Waals surface area contributed by atoms with Crippen LogP contribution in [0.1, 0.15) is 37.8 Å². The van der Waals surface area contributed by atoms with Crippen LogP contribution in [0.25, 0.3) is 11.1 Å². The third-order valence-electron chi connectivity index (χ3n) is 6.70. The van der Waals surface area contributed by atoms with Gasteiger partial charge in [0.2, 0.25) is 5.91 Å². The monoisotopic (exact) mass is 486 g/mol. The van der Waals surface area contributed by atoms with Crippen molar-refractivity contribution in [1.29, 1.82) is 0 Å². The fourth-order valence-corrected chi connectivity index (χ4v) is 4.73. The fourth-order valence-electron chi connectivity index (χ4n) is 4.73. The van der Waals surface area contributed by atoms with Crippen LogP contribution in [0, 0.1) is 17.3 Å². The molecule has 0 saturated heterocycles. The lowest BCUT2D eigenvalue weighted by atomic mass is 9.86. The smallest absolute Gasteiger partial charge is 0.407 e. The van der Waals surface area contributed by atoms with Crippen molar-refractivity contribution in [1.82, 2.24) is 10.6 Å². The topological polar surface area (TPSA) is 105 Å². The number of fused-ring (bicyclic) bond motifs is 3. The minimum Gasteiger partial charge on any atom is -0.481 e. The number of halogens is 2. The van der Waals surface area contributed by atoms with Crippen LogP contribution in [-0.4, -0.2) is 48.2 Å². The molecule has 186 valence electrons. The molecule has 1 fully saturated rings. The Kier molecular flexibility index (Phi) is 6.29. The van der Waals surface area contributed by atoms with Gasteiger partial charge < -0.3 is 20.5 Å². The number of rotatable bonds is 7. The average molecular weight is 487 g/mol. The van der Waals surface area contributed by atoms with Crippen molar-refractivity contribution in [2.24, 2.45) is 17.3 Å². The number of carbonyl (C=O) groups excluding carboxylic acids is 2. The Morgan fingerprint density at radius 3 is 2.06 bits per heavy atom. The molecule has 7 nitrogen and oxygen atoms in total. The van der Waals surface area contributed by atoms with Crippen LogP contribution in [0.2, 0.25) is 0 Å². The molecule has 0 heterocycles. The second-order valence-corrected chi connectivity index (χ2v) is 10.1. The molecule has 0 radical (unpaired) electrons. The highest BCUT2D eigenvalue weighted by Crippen LogP contribution is 2.55. The van der Waals surface area contributed by atoms with Crippen molar-refractivity contribution in [3.05, 3.63) is 59.7 Å². The number of amides is 2. The molecule has 2 unspecified atom stereocenters. The quantitative estimate of drug-likeness (QED) is 0.548. The summed E-state index contributed by atoms with van der Waals surface area (Å²) in [4.78, 5) is 36.4. The number of alkyl halides is 2. The molecule has 2 aromatic rings. The van der Waals surface area contributed by atoms with Crippen molar-refractivity contribution in [2.45, 2.75) is 38.7 Å². The summed E-state index contributed by atoms with van der Waals surface area (Å²) in [6.07, 6.45) is -0.804. The van der Waals surface area contributed by atoms with Gasteiger partial charge in [0.05, 0.1) is 5.92 Å². The third-order valence-corrected chi connectivity index (χ3v) is 6.70. The zero-order valence-electron chi connectivity index (χ0n) is 19.7. The van der Waals surface area contributed by atoms with Gasteiger partial charge in [-0.05, 0) is 27.7 Å². The first-order valence-electron chi connectivity index (χ1n) is 11.4. The van der Waals surface area contributed by atoms with Crippen molar-refractivity contribution < 1.29 is 33.0 Å². The largest absolute Gasteiger partial charge is 0.481 e. The summed E-state index contributed by atoms with van der Waals surface area (Å²) in [5, 5.41) is 13.8. The second kappa shape index (κ2) is 8.94. The number of aliphatic carboxylic acids is 1. The summed E-state index contributed by atoms with van der Waals surface area (Å²) in [6.45, 7) is 4.71. The molecule has 0 aliphatic heterocycles. The maximum absolute atomic E-state index is 13.6. The van der Waals surface area contributed by atoms with Crippen molar-refractivity contribution in [2.75, 3.05) is 13.2 Å². The number of hydrogen-bond acceptors (Lipinski definition) is 4. The molecule has 2 amide bonds. The molecule has 2 aromatic carbocycles. The van der Waals surface area contributed by atoms with Crippen LogP contribution >= 0.6 is 0 Å². The first-order valence-corrected chi connectivity index (χ1v) is 11.4. The first kappa shape index (κ1) is 24.6. The molecule has 0 bridgehead atoms. The molecule has 3 N–H and O–H groups in total. The van der Waals surface area contributed by atoms with Crippen LogP contribution < -0.4 is 10.6 Å². The Balaban J connectivity index is 1.38. The number of carbonyl (C=O) groups is 3. The average Bonchev–Trinajstić information content (AvgIpc) is 3.21. The number of carboxylic acid groups (broad SMARTS) is 1. The Bertz CT molecular complexity index is 1110. The van der Waals surface area contributed by atoms with Gasteiger partial charge in [0, 0.05) is 12.5 Å². The number of ether oxygens (including phenoxy) is 1. The number of alkyl carbamates (subject to hydrolysis) is 1. The highest BCUT2D eigenvalue weighted by molar-refractivity contribution is 5.87. The van der Waals surface area contributed by atoms with E-state index in [1.54, 1.807) is 20.8 Å². The van der Waals surface area contributed by atoms with Crippen LogP contribution in [0.3, 0.4) is 0 Å². The molecule has 1 saturated carbocycles. The maximum atomic E-state index is 13.6. The molecule has 0 spiro atoms. The molecule has 3 atom stereocenters. The van der Waals surface area contributed by atoms with Gasteiger partial charge in [-0.25, -0.2) is 13.6 Å². The number of benzene rings is 2. The number of carboxylic acids is 1. The fraction of sp³-hybridized carbons (Fsp3) is 0.423. The van der Waals surface area contributed by atoms with E-state index in [-0.39, 0.29) is 12.5 Å². The predicted octanol–water partition coefficient (Wildman–Crippen LogP) is 4.02. The predicted molar refractivity (Wildman–Crippen MR) is 124 cm³/mol. The van der Waals surface area contributed by atoms with Gasteiger partial charge in [0.15, 0.2) is 0 Å². The van der Waals surface area contributed by atoms with Gasteiger partial charge >= 0.3 is 12.1 Å². The van der Waals surface area contributed by atoms with E-state index in [2.05, 4.69) is 10.6 Å². The van der Waals surface area contributed by atoms with Gasteiger partial charge in [-0.15, -0.1) is 0 Å². The molecule has 35 heavy (non-hydrogen) atoms. The van der Waals surface area contributed by atoms with Gasteiger partial charge in [0.25, 0.3) is 5.92 Å². The highest BCUT2D eigenvalue weighted by atomic mass is 19.3. The maximum Gasteiger partial charge on any atom is 0.407 e. The van der Waals surface area contributed by atoms with Gasteiger partial charge in [-0.1, -0.05) is 69.3 Å². The van der Waals surface area contributed by atoms with Crippen molar-refractivity contribution in [3.63, 3.8) is 0 Å². The molecule has 2 aliphatic rings. The lowest BCUT2D eigenvalue weighted by molar-refractivity contribution is -0.141. The van der Waals surface area contributed by atoms with E-state index in [1.165, 1.54) is 0 Å². The number of hydrogen-bond donors (Lipinski definition) is 3. The Morgan fingerprint density at radius 2 is 1.57 bits per heavy atom. The summed E-state index contributed by atoms with van der Waals surface area (Å²) in [6, 6.07) is 14.7. The highest BCUT2D eigenvalue weighted by Gasteiger charge is 2.72. The molecule has 2 aliphatic carbocycles. The van der Waals surface area contributed by atoms with Crippen LogP contribution in [0.5, 0.6) is 0 Å². The molecule has 4 rings (SSSR count). The van der Waals surface area contributed by atoms with E-state index < -0.39 is 53.7 Å². The zero-order chi connectivity index (χ0) is 25.5. The minimum atomic E-state index is -3.36.